The predicted molar refractivity (Wildman–Crippen MR) is 88.5 cm³/mol. The van der Waals surface area contributed by atoms with Crippen molar-refractivity contribution in [2.24, 2.45) is 0 Å². The van der Waals surface area contributed by atoms with Gasteiger partial charge < -0.3 is 0 Å². The second-order valence-corrected chi connectivity index (χ2v) is 8.23. The van der Waals surface area contributed by atoms with E-state index in [1.54, 1.807) is 24.3 Å². The van der Waals surface area contributed by atoms with Crippen LogP contribution in [0.3, 0.4) is 0 Å². The summed E-state index contributed by atoms with van der Waals surface area (Å²) in [6, 6.07) is 8.85. The van der Waals surface area contributed by atoms with E-state index in [1.807, 2.05) is 10.8 Å². The van der Waals surface area contributed by atoms with Crippen LogP contribution in [0.15, 0.2) is 34.8 Å². The number of benzene rings is 2. The number of nitrogens with one attached hydrogen (secondary N) is 1. The first-order valence-electron chi connectivity index (χ1n) is 6.99. The molecule has 0 aliphatic carbocycles. The molecule has 8 heteroatoms. The Morgan fingerprint density at radius 2 is 1.96 bits per heavy atom. The van der Waals surface area contributed by atoms with Crippen LogP contribution in [0.2, 0.25) is 0 Å². The molecule has 2 aromatic rings. The third kappa shape index (κ3) is 2.01. The fourth-order valence-electron chi connectivity index (χ4n) is 3.21. The van der Waals surface area contributed by atoms with Crippen molar-refractivity contribution in [3.8, 4) is 0 Å². The zero-order valence-corrected chi connectivity index (χ0v) is 14.1. The molecule has 1 atom stereocenters. The van der Waals surface area contributed by atoms with Gasteiger partial charge in [-0.05, 0) is 30.0 Å². The van der Waals surface area contributed by atoms with E-state index < -0.39 is 21.3 Å². The molecule has 23 heavy (non-hydrogen) atoms. The molecule has 0 bridgehead atoms. The summed E-state index contributed by atoms with van der Waals surface area (Å²) >= 11 is 3.45. The summed E-state index contributed by atoms with van der Waals surface area (Å²) in [5, 5.41) is 0.511. The highest BCUT2D eigenvalue weighted by Gasteiger charge is 2.44. The van der Waals surface area contributed by atoms with Gasteiger partial charge >= 0.3 is 0 Å². The lowest BCUT2D eigenvalue weighted by Gasteiger charge is -2.31. The average molecular weight is 395 g/mol. The largest absolute Gasteiger partial charge is 0.288 e. The van der Waals surface area contributed by atoms with Gasteiger partial charge in [0, 0.05) is 21.8 Å². The molecular formula is C15H11BrN2O4S. The maximum absolute atomic E-state index is 12.8. The van der Waals surface area contributed by atoms with Gasteiger partial charge in [0.1, 0.15) is 0 Å². The Morgan fingerprint density at radius 1 is 1.17 bits per heavy atom. The number of nitrogens with zero attached hydrogens (tertiary/aromatic N) is 1. The third-order valence-corrected chi connectivity index (χ3v) is 6.56. The van der Waals surface area contributed by atoms with Gasteiger partial charge in [0.2, 0.25) is 5.91 Å². The summed E-state index contributed by atoms with van der Waals surface area (Å²) in [6.45, 7) is 0. The van der Waals surface area contributed by atoms with Crippen molar-refractivity contribution in [2.45, 2.75) is 18.2 Å². The van der Waals surface area contributed by atoms with Crippen molar-refractivity contribution in [3.63, 3.8) is 0 Å². The molecule has 2 amide bonds. The van der Waals surface area contributed by atoms with Crippen LogP contribution in [0, 0.1) is 0 Å². The molecule has 1 N–H and O–H groups in total. The Hall–Kier alpha value is -1.93. The van der Waals surface area contributed by atoms with Crippen LogP contribution in [0.1, 0.15) is 23.2 Å². The number of halogens is 1. The number of rotatable bonds is 1. The topological polar surface area (TPSA) is 83.6 Å². The van der Waals surface area contributed by atoms with E-state index in [2.05, 4.69) is 15.9 Å². The summed E-state index contributed by atoms with van der Waals surface area (Å²) in [6.07, 6.45) is 0.162. The number of hydrogen-bond donors (Lipinski definition) is 1. The Kier molecular flexibility index (Phi) is 3.05. The molecule has 1 unspecified atom stereocenters. The Bertz CT molecular complexity index is 986. The van der Waals surface area contributed by atoms with E-state index in [0.717, 1.165) is 15.2 Å². The molecule has 2 aliphatic heterocycles. The fraction of sp³-hybridized carbons (Fsp3) is 0.200. The second kappa shape index (κ2) is 4.78. The SMILES string of the molecule is O=C1CCC(N2C(=O)c3ccc(Br)c4cccc2c34)S(=O)(=O)N1. The molecule has 2 heterocycles. The number of amides is 2. The van der Waals surface area contributed by atoms with E-state index in [4.69, 9.17) is 0 Å². The van der Waals surface area contributed by atoms with Crippen molar-refractivity contribution in [1.29, 1.82) is 0 Å². The average Bonchev–Trinajstić information content (AvgIpc) is 2.76. The zero-order valence-electron chi connectivity index (χ0n) is 11.7. The molecule has 0 aromatic heterocycles. The molecule has 118 valence electrons. The zero-order chi connectivity index (χ0) is 16.4. The van der Waals surface area contributed by atoms with Gasteiger partial charge in [-0.3, -0.25) is 19.2 Å². The van der Waals surface area contributed by atoms with Crippen LogP contribution in [0.25, 0.3) is 10.8 Å². The van der Waals surface area contributed by atoms with E-state index in [1.165, 1.54) is 4.90 Å². The van der Waals surface area contributed by atoms with Gasteiger partial charge in [0.25, 0.3) is 15.9 Å². The minimum Gasteiger partial charge on any atom is -0.288 e. The van der Waals surface area contributed by atoms with Crippen LogP contribution in [0.4, 0.5) is 5.69 Å². The fourth-order valence-corrected chi connectivity index (χ4v) is 5.14. The maximum Gasteiger partial charge on any atom is 0.260 e. The van der Waals surface area contributed by atoms with Crippen LogP contribution in [-0.2, 0) is 14.8 Å². The van der Waals surface area contributed by atoms with Gasteiger partial charge in [-0.2, -0.15) is 0 Å². The van der Waals surface area contributed by atoms with Gasteiger partial charge in [-0.25, -0.2) is 8.42 Å². The number of carbonyl (C=O) groups excluding carboxylic acids is 2. The molecule has 6 nitrogen and oxygen atoms in total. The summed E-state index contributed by atoms with van der Waals surface area (Å²) in [7, 11) is -3.92. The van der Waals surface area contributed by atoms with E-state index in [-0.39, 0.29) is 18.7 Å². The van der Waals surface area contributed by atoms with Gasteiger partial charge in [-0.15, -0.1) is 0 Å². The highest BCUT2D eigenvalue weighted by atomic mass is 79.9. The highest BCUT2D eigenvalue weighted by Crippen LogP contribution is 2.42. The number of anilines is 1. The number of hydrogen-bond acceptors (Lipinski definition) is 4. The molecule has 2 aliphatic rings. The highest BCUT2D eigenvalue weighted by molar-refractivity contribution is 9.10. The Balaban J connectivity index is 1.93. The quantitative estimate of drug-likeness (QED) is 0.802. The second-order valence-electron chi connectivity index (χ2n) is 5.53. The lowest BCUT2D eigenvalue weighted by atomic mass is 10.1. The van der Waals surface area contributed by atoms with Crippen molar-refractivity contribution in [2.75, 3.05) is 4.90 Å². The smallest absolute Gasteiger partial charge is 0.260 e. The maximum atomic E-state index is 12.8. The summed E-state index contributed by atoms with van der Waals surface area (Å²) in [5.74, 6) is -0.889. The molecule has 1 saturated heterocycles. The summed E-state index contributed by atoms with van der Waals surface area (Å²) in [4.78, 5) is 25.5. The van der Waals surface area contributed by atoms with E-state index in [9.17, 15) is 18.0 Å². The molecule has 1 fully saturated rings. The minimum atomic E-state index is -3.92. The molecule has 0 spiro atoms. The Labute approximate surface area is 140 Å². The lowest BCUT2D eigenvalue weighted by molar-refractivity contribution is -0.119. The standard InChI is InChI=1S/C15H11BrN2O4S/c16-10-5-4-9-14-8(10)2-1-3-11(14)18(15(9)20)13-7-6-12(19)17-23(13,21)22/h1-5,13H,6-7H2,(H,17,19). The molecule has 0 radical (unpaired) electrons. The number of carbonyl (C=O) groups is 2. The third-order valence-electron chi connectivity index (χ3n) is 4.19. The van der Waals surface area contributed by atoms with Crippen molar-refractivity contribution < 1.29 is 18.0 Å². The monoisotopic (exact) mass is 394 g/mol. The van der Waals surface area contributed by atoms with Crippen molar-refractivity contribution in [3.05, 3.63) is 40.4 Å². The molecule has 4 rings (SSSR count). The first-order chi connectivity index (χ1) is 10.9. The van der Waals surface area contributed by atoms with E-state index in [0.29, 0.717) is 11.3 Å². The van der Waals surface area contributed by atoms with E-state index >= 15 is 0 Å². The first kappa shape index (κ1) is 14.6. The van der Waals surface area contributed by atoms with Crippen molar-refractivity contribution >= 4 is 54.2 Å². The van der Waals surface area contributed by atoms with Crippen LogP contribution >= 0.6 is 15.9 Å². The van der Waals surface area contributed by atoms with Crippen LogP contribution < -0.4 is 9.62 Å². The van der Waals surface area contributed by atoms with Gasteiger partial charge in [-0.1, -0.05) is 28.1 Å². The van der Waals surface area contributed by atoms with Gasteiger partial charge in [0.05, 0.1) is 5.69 Å². The molecule has 2 aromatic carbocycles. The van der Waals surface area contributed by atoms with Gasteiger partial charge in [0.15, 0.2) is 5.37 Å². The molecular weight excluding hydrogens is 384 g/mol. The normalized spacial score (nSPS) is 22.5. The predicted octanol–water partition coefficient (Wildman–Crippen LogP) is 2.13. The summed E-state index contributed by atoms with van der Waals surface area (Å²) in [5.41, 5.74) is 1.04. The summed E-state index contributed by atoms with van der Waals surface area (Å²) < 4.78 is 27.5. The van der Waals surface area contributed by atoms with Crippen LogP contribution in [0.5, 0.6) is 0 Å². The molecule has 0 saturated carbocycles. The lowest BCUT2D eigenvalue weighted by Crippen LogP contribution is -2.53. The minimum absolute atomic E-state index is 0.0731. The first-order valence-corrected chi connectivity index (χ1v) is 9.33. The number of sulfonamides is 1. The van der Waals surface area contributed by atoms with Crippen molar-refractivity contribution in [1.82, 2.24) is 4.72 Å². The Morgan fingerprint density at radius 3 is 2.70 bits per heavy atom. The van der Waals surface area contributed by atoms with Crippen LogP contribution in [-0.4, -0.2) is 25.6 Å².